The van der Waals surface area contributed by atoms with Gasteiger partial charge in [-0.3, -0.25) is 4.98 Å². The molecular formula is C13H21N3O. The number of hydrogen-bond donors (Lipinski definition) is 1. The highest BCUT2D eigenvalue weighted by Crippen LogP contribution is 2.13. The van der Waals surface area contributed by atoms with Crippen LogP contribution in [-0.4, -0.2) is 42.7 Å². The van der Waals surface area contributed by atoms with Crippen molar-refractivity contribution in [2.24, 2.45) is 0 Å². The first kappa shape index (κ1) is 12.3. The van der Waals surface area contributed by atoms with Crippen molar-refractivity contribution in [3.05, 3.63) is 24.0 Å². The molecule has 0 saturated carbocycles. The average Bonchev–Trinajstić information content (AvgIpc) is 2.38. The van der Waals surface area contributed by atoms with Gasteiger partial charge in [0.05, 0.1) is 18.0 Å². The lowest BCUT2D eigenvalue weighted by molar-refractivity contribution is 0.0318. The zero-order valence-corrected chi connectivity index (χ0v) is 10.4. The van der Waals surface area contributed by atoms with Crippen molar-refractivity contribution >= 4 is 5.69 Å². The summed E-state index contributed by atoms with van der Waals surface area (Å²) in [6, 6.07) is 3.92. The number of nitrogens with zero attached hydrogens (tertiary/aromatic N) is 2. The Morgan fingerprint density at radius 2 is 2.41 bits per heavy atom. The first-order valence-electron chi connectivity index (χ1n) is 6.23. The van der Waals surface area contributed by atoms with Gasteiger partial charge in [0.25, 0.3) is 0 Å². The SMILES string of the molecule is COC1CCCN(CCc2ccc(N)cn2)C1. The van der Waals surface area contributed by atoms with Gasteiger partial charge in [0.15, 0.2) is 0 Å². The Morgan fingerprint density at radius 1 is 1.53 bits per heavy atom. The van der Waals surface area contributed by atoms with Crippen LogP contribution in [0.5, 0.6) is 0 Å². The molecule has 0 bridgehead atoms. The van der Waals surface area contributed by atoms with Crippen molar-refractivity contribution in [2.45, 2.75) is 25.4 Å². The molecule has 1 atom stereocenters. The number of nitrogen functional groups attached to an aromatic ring is 1. The fourth-order valence-corrected chi connectivity index (χ4v) is 2.27. The van der Waals surface area contributed by atoms with Crippen LogP contribution in [0.2, 0.25) is 0 Å². The van der Waals surface area contributed by atoms with E-state index in [-0.39, 0.29) is 0 Å². The molecule has 94 valence electrons. The van der Waals surface area contributed by atoms with Gasteiger partial charge < -0.3 is 15.4 Å². The highest BCUT2D eigenvalue weighted by molar-refractivity contribution is 5.34. The second-order valence-corrected chi connectivity index (χ2v) is 4.63. The summed E-state index contributed by atoms with van der Waals surface area (Å²) in [5.74, 6) is 0. The van der Waals surface area contributed by atoms with Gasteiger partial charge in [-0.25, -0.2) is 0 Å². The van der Waals surface area contributed by atoms with Crippen molar-refractivity contribution in [1.82, 2.24) is 9.88 Å². The predicted molar refractivity (Wildman–Crippen MR) is 68.8 cm³/mol. The van der Waals surface area contributed by atoms with Gasteiger partial charge in [0.2, 0.25) is 0 Å². The standard InChI is InChI=1S/C13H21N3O/c1-17-13-3-2-7-16(10-13)8-6-12-5-4-11(14)9-15-12/h4-5,9,13H,2-3,6-8,10,14H2,1H3. The number of ether oxygens (including phenoxy) is 1. The molecule has 1 aliphatic rings. The van der Waals surface area contributed by atoms with Crippen LogP contribution >= 0.6 is 0 Å². The van der Waals surface area contributed by atoms with E-state index in [0.717, 1.165) is 30.9 Å². The van der Waals surface area contributed by atoms with E-state index in [1.54, 1.807) is 13.3 Å². The maximum atomic E-state index is 5.61. The van der Waals surface area contributed by atoms with Crippen LogP contribution in [0.15, 0.2) is 18.3 Å². The molecule has 1 aromatic heterocycles. The van der Waals surface area contributed by atoms with E-state index in [9.17, 15) is 0 Å². The summed E-state index contributed by atoms with van der Waals surface area (Å²) in [5, 5.41) is 0. The number of methoxy groups -OCH3 is 1. The highest BCUT2D eigenvalue weighted by atomic mass is 16.5. The van der Waals surface area contributed by atoms with Gasteiger partial charge in [0, 0.05) is 32.3 Å². The number of likely N-dealkylation sites (tertiary alicyclic amines) is 1. The van der Waals surface area contributed by atoms with E-state index in [2.05, 4.69) is 9.88 Å². The molecule has 0 radical (unpaired) electrons. The molecule has 0 amide bonds. The number of hydrogen-bond acceptors (Lipinski definition) is 4. The van der Waals surface area contributed by atoms with Gasteiger partial charge in [-0.05, 0) is 31.5 Å². The third-order valence-electron chi connectivity index (χ3n) is 3.33. The molecule has 2 heterocycles. The molecule has 0 aliphatic carbocycles. The van der Waals surface area contributed by atoms with Crippen LogP contribution in [0.4, 0.5) is 5.69 Å². The molecule has 0 aromatic carbocycles. The maximum absolute atomic E-state index is 5.61. The number of anilines is 1. The van der Waals surface area contributed by atoms with E-state index in [0.29, 0.717) is 6.10 Å². The molecule has 17 heavy (non-hydrogen) atoms. The number of aromatic nitrogens is 1. The minimum absolute atomic E-state index is 0.406. The topological polar surface area (TPSA) is 51.4 Å². The molecule has 1 saturated heterocycles. The minimum atomic E-state index is 0.406. The van der Waals surface area contributed by atoms with Crippen molar-refractivity contribution in [1.29, 1.82) is 0 Å². The Bertz CT molecular complexity index is 339. The Balaban J connectivity index is 1.79. The number of nitrogens with two attached hydrogens (primary N) is 1. The summed E-state index contributed by atoms with van der Waals surface area (Å²) in [7, 11) is 1.80. The molecule has 4 heteroatoms. The van der Waals surface area contributed by atoms with E-state index < -0.39 is 0 Å². The monoisotopic (exact) mass is 235 g/mol. The number of pyridine rings is 1. The lowest BCUT2D eigenvalue weighted by atomic mass is 10.1. The maximum Gasteiger partial charge on any atom is 0.0698 e. The van der Waals surface area contributed by atoms with Crippen LogP contribution < -0.4 is 5.73 Å². The van der Waals surface area contributed by atoms with Crippen LogP contribution in [0.25, 0.3) is 0 Å². The summed E-state index contributed by atoms with van der Waals surface area (Å²) in [5.41, 5.74) is 7.45. The third kappa shape index (κ3) is 3.68. The minimum Gasteiger partial charge on any atom is -0.397 e. The van der Waals surface area contributed by atoms with Crippen molar-refractivity contribution < 1.29 is 4.74 Å². The van der Waals surface area contributed by atoms with Crippen molar-refractivity contribution in [2.75, 3.05) is 32.5 Å². The van der Waals surface area contributed by atoms with E-state index in [1.807, 2.05) is 12.1 Å². The lowest BCUT2D eigenvalue weighted by Crippen LogP contribution is -2.40. The molecular weight excluding hydrogens is 214 g/mol. The van der Waals surface area contributed by atoms with Gasteiger partial charge in [-0.2, -0.15) is 0 Å². The van der Waals surface area contributed by atoms with E-state index in [1.165, 1.54) is 19.4 Å². The van der Waals surface area contributed by atoms with Crippen LogP contribution in [-0.2, 0) is 11.2 Å². The summed E-state index contributed by atoms with van der Waals surface area (Å²) in [4.78, 5) is 6.77. The summed E-state index contributed by atoms with van der Waals surface area (Å²) in [6.07, 6.45) is 5.53. The van der Waals surface area contributed by atoms with Crippen LogP contribution in [0.3, 0.4) is 0 Å². The normalized spacial score (nSPS) is 21.6. The highest BCUT2D eigenvalue weighted by Gasteiger charge is 2.18. The number of rotatable bonds is 4. The second-order valence-electron chi connectivity index (χ2n) is 4.63. The fraction of sp³-hybridized carbons (Fsp3) is 0.615. The smallest absolute Gasteiger partial charge is 0.0698 e. The quantitative estimate of drug-likeness (QED) is 0.855. The molecule has 2 N–H and O–H groups in total. The summed E-state index contributed by atoms with van der Waals surface area (Å²) >= 11 is 0. The summed E-state index contributed by atoms with van der Waals surface area (Å²) < 4.78 is 5.42. The lowest BCUT2D eigenvalue weighted by Gasteiger charge is -2.31. The third-order valence-corrected chi connectivity index (χ3v) is 3.33. The Labute approximate surface area is 103 Å². The molecule has 1 fully saturated rings. The fourth-order valence-electron chi connectivity index (χ4n) is 2.27. The van der Waals surface area contributed by atoms with Gasteiger partial charge in [0.1, 0.15) is 0 Å². The zero-order valence-electron chi connectivity index (χ0n) is 10.4. The first-order chi connectivity index (χ1) is 8.28. The Kier molecular flexibility index (Phi) is 4.34. The Hall–Kier alpha value is -1.13. The molecule has 4 nitrogen and oxygen atoms in total. The van der Waals surface area contributed by atoms with Crippen molar-refractivity contribution in [3.63, 3.8) is 0 Å². The number of piperidine rings is 1. The largest absolute Gasteiger partial charge is 0.397 e. The predicted octanol–water partition coefficient (Wildman–Crippen LogP) is 1.32. The van der Waals surface area contributed by atoms with Crippen LogP contribution in [0.1, 0.15) is 18.5 Å². The average molecular weight is 235 g/mol. The first-order valence-corrected chi connectivity index (χ1v) is 6.23. The summed E-state index contributed by atoms with van der Waals surface area (Å²) in [6.45, 7) is 3.27. The zero-order chi connectivity index (χ0) is 12.1. The molecule has 1 aromatic rings. The molecule has 0 spiro atoms. The van der Waals surface area contributed by atoms with Gasteiger partial charge >= 0.3 is 0 Å². The molecule has 1 aliphatic heterocycles. The van der Waals surface area contributed by atoms with E-state index in [4.69, 9.17) is 10.5 Å². The van der Waals surface area contributed by atoms with E-state index >= 15 is 0 Å². The molecule has 2 rings (SSSR count). The van der Waals surface area contributed by atoms with Crippen molar-refractivity contribution in [3.8, 4) is 0 Å². The van der Waals surface area contributed by atoms with Gasteiger partial charge in [-0.15, -0.1) is 0 Å². The Morgan fingerprint density at radius 3 is 3.12 bits per heavy atom. The second kappa shape index (κ2) is 5.98. The van der Waals surface area contributed by atoms with Crippen LogP contribution in [0, 0.1) is 0 Å². The van der Waals surface area contributed by atoms with Gasteiger partial charge in [-0.1, -0.05) is 0 Å². The molecule has 1 unspecified atom stereocenters.